The van der Waals surface area contributed by atoms with Crippen LogP contribution < -0.4 is 5.32 Å². The highest BCUT2D eigenvalue weighted by Gasteiger charge is 2.31. The van der Waals surface area contributed by atoms with Gasteiger partial charge in [-0.15, -0.1) is 0 Å². The predicted molar refractivity (Wildman–Crippen MR) is 153 cm³/mol. The first kappa shape index (κ1) is 36.6. The molecule has 2 amide bonds. The normalized spacial score (nSPS) is 16.6. The molecule has 226 valence electrons. The maximum absolute atomic E-state index is 11.3. The third-order valence-electron chi connectivity index (χ3n) is 5.79. The maximum atomic E-state index is 11.3. The number of rotatable bonds is 13. The van der Waals surface area contributed by atoms with E-state index in [1.165, 1.54) is 32.1 Å². The molecule has 1 aliphatic carbocycles. The SMILES string of the molecule is CC.CC(=O)CCOCCOCCOC1CCCCC1.CN1C[C@@H](C(=O)NCCO)CC1=O.[HH].c1ccncc1. The summed E-state index contributed by atoms with van der Waals surface area (Å²) in [5, 5.41) is 11.0. The minimum absolute atomic E-state index is 0. The summed E-state index contributed by atoms with van der Waals surface area (Å²) in [6, 6.07) is 5.72. The van der Waals surface area contributed by atoms with Gasteiger partial charge in [0, 0.05) is 46.8 Å². The Hall–Kier alpha value is -2.40. The molecule has 1 saturated carbocycles. The summed E-state index contributed by atoms with van der Waals surface area (Å²) in [7, 11) is 1.68. The van der Waals surface area contributed by atoms with Gasteiger partial charge in [0.15, 0.2) is 0 Å². The molecule has 3 rings (SSSR count). The van der Waals surface area contributed by atoms with Crippen molar-refractivity contribution in [1.82, 2.24) is 15.2 Å². The number of aliphatic hydroxyl groups excluding tert-OH is 1. The number of likely N-dealkylation sites (tertiary alicyclic amines) is 1. The Kier molecular flexibility index (Phi) is 24.3. The highest BCUT2D eigenvalue weighted by Crippen LogP contribution is 2.20. The molecule has 1 saturated heterocycles. The molecule has 10 nitrogen and oxygen atoms in total. The number of Topliss-reactive ketones (excluding diaryl/α,β-unsaturated/α-hetero) is 1. The van der Waals surface area contributed by atoms with E-state index in [0.717, 1.165) is 0 Å². The summed E-state index contributed by atoms with van der Waals surface area (Å²) < 4.78 is 16.4. The number of pyridine rings is 1. The molecule has 2 aliphatic rings. The Morgan fingerprint density at radius 1 is 1.03 bits per heavy atom. The summed E-state index contributed by atoms with van der Waals surface area (Å²) in [5.74, 6) is -0.225. The third-order valence-corrected chi connectivity index (χ3v) is 5.79. The van der Waals surface area contributed by atoms with Crippen LogP contribution in [0.1, 0.15) is 67.1 Å². The van der Waals surface area contributed by atoms with Gasteiger partial charge in [0.2, 0.25) is 11.8 Å². The average Bonchev–Trinajstić information content (AvgIpc) is 3.31. The lowest BCUT2D eigenvalue weighted by molar-refractivity contribution is -0.128. The van der Waals surface area contributed by atoms with Gasteiger partial charge in [0.1, 0.15) is 5.78 Å². The van der Waals surface area contributed by atoms with Crippen molar-refractivity contribution >= 4 is 17.6 Å². The average molecular weight is 556 g/mol. The number of carbonyl (C=O) groups excluding carboxylic acids is 3. The summed E-state index contributed by atoms with van der Waals surface area (Å²) in [6.45, 7) is 9.18. The van der Waals surface area contributed by atoms with Crippen LogP contribution in [0.4, 0.5) is 0 Å². The number of hydrogen-bond donors (Lipinski definition) is 2. The van der Waals surface area contributed by atoms with Crippen molar-refractivity contribution in [2.75, 3.05) is 59.8 Å². The fourth-order valence-electron chi connectivity index (χ4n) is 3.72. The van der Waals surface area contributed by atoms with Crippen molar-refractivity contribution in [3.63, 3.8) is 0 Å². The Morgan fingerprint density at radius 3 is 2.13 bits per heavy atom. The Labute approximate surface area is 236 Å². The quantitative estimate of drug-likeness (QED) is 0.355. The monoisotopic (exact) mass is 555 g/mol. The molecule has 0 unspecified atom stereocenters. The molecule has 0 bridgehead atoms. The second kappa shape index (κ2) is 25.9. The van der Waals surface area contributed by atoms with Crippen molar-refractivity contribution < 1.29 is 35.1 Å². The second-order valence-electron chi connectivity index (χ2n) is 9.02. The van der Waals surface area contributed by atoms with Crippen molar-refractivity contribution in [2.45, 2.75) is 71.8 Å². The highest BCUT2D eigenvalue weighted by atomic mass is 16.5. The molecule has 0 radical (unpaired) electrons. The van der Waals surface area contributed by atoms with Crippen LogP contribution in [-0.4, -0.2) is 98.5 Å². The van der Waals surface area contributed by atoms with E-state index in [9.17, 15) is 14.4 Å². The first-order valence-corrected chi connectivity index (χ1v) is 14.2. The number of amides is 2. The molecule has 1 aromatic rings. The lowest BCUT2D eigenvalue weighted by Crippen LogP contribution is -2.33. The van der Waals surface area contributed by atoms with E-state index in [0.29, 0.717) is 52.1 Å². The second-order valence-corrected chi connectivity index (χ2v) is 9.02. The van der Waals surface area contributed by atoms with E-state index in [1.807, 2.05) is 32.0 Å². The number of aliphatic hydroxyl groups is 1. The number of carbonyl (C=O) groups is 3. The maximum Gasteiger partial charge on any atom is 0.225 e. The molecule has 0 aromatic carbocycles. The standard InChI is InChI=1S/C14H26O4.C8H14N2O3.C5H5N.C2H6.H2/c1-13(15)7-8-16-9-10-17-11-12-18-14-5-3-2-4-6-14;1-10-5-6(4-7(10)12)8(13)9-2-3-11;1-2-4-6-5-3-1;1-2;/h14H,2-12H2,1H3;6,11H,2-5H2,1H3,(H,9,13);1-5H;1-2H3;1H/t;6-;;;/m.0.../s1. The van der Waals surface area contributed by atoms with Crippen LogP contribution in [0.15, 0.2) is 30.6 Å². The zero-order chi connectivity index (χ0) is 29.1. The molecule has 1 aromatic heterocycles. The van der Waals surface area contributed by atoms with Crippen LogP contribution in [0.2, 0.25) is 0 Å². The summed E-state index contributed by atoms with van der Waals surface area (Å²) in [6.07, 6.45) is 11.1. The molecular formula is C29H53N3O7. The van der Waals surface area contributed by atoms with Crippen molar-refractivity contribution in [3.8, 4) is 0 Å². The first-order chi connectivity index (χ1) is 18.9. The van der Waals surface area contributed by atoms with Gasteiger partial charge in [0.25, 0.3) is 0 Å². The Morgan fingerprint density at radius 2 is 1.64 bits per heavy atom. The zero-order valence-corrected chi connectivity index (χ0v) is 24.4. The minimum Gasteiger partial charge on any atom is -0.395 e. The molecule has 0 spiro atoms. The topological polar surface area (TPSA) is 127 Å². The Bertz CT molecular complexity index is 711. The van der Waals surface area contributed by atoms with E-state index < -0.39 is 0 Å². The van der Waals surface area contributed by atoms with E-state index in [4.69, 9.17) is 19.3 Å². The van der Waals surface area contributed by atoms with Gasteiger partial charge in [-0.3, -0.25) is 19.4 Å². The van der Waals surface area contributed by atoms with Gasteiger partial charge < -0.3 is 29.5 Å². The molecule has 2 fully saturated rings. The predicted octanol–water partition coefficient (Wildman–Crippen LogP) is 3.28. The van der Waals surface area contributed by atoms with Crippen LogP contribution in [-0.2, 0) is 28.6 Å². The molecular weight excluding hydrogens is 502 g/mol. The molecule has 10 heteroatoms. The first-order valence-electron chi connectivity index (χ1n) is 14.2. The lowest BCUT2D eigenvalue weighted by atomic mass is 9.98. The number of hydrogen-bond acceptors (Lipinski definition) is 8. The van der Waals surface area contributed by atoms with Crippen LogP contribution in [0, 0.1) is 5.92 Å². The van der Waals surface area contributed by atoms with Gasteiger partial charge in [-0.2, -0.15) is 0 Å². The number of ether oxygens (including phenoxy) is 3. The van der Waals surface area contributed by atoms with Crippen LogP contribution >= 0.6 is 0 Å². The zero-order valence-electron chi connectivity index (χ0n) is 24.4. The van der Waals surface area contributed by atoms with Crippen LogP contribution in [0.5, 0.6) is 0 Å². The minimum atomic E-state index is -0.246. The summed E-state index contributed by atoms with van der Waals surface area (Å²) in [4.78, 5) is 38.3. The Balaban J connectivity index is 0. The molecule has 1 aliphatic heterocycles. The van der Waals surface area contributed by atoms with Crippen LogP contribution in [0.3, 0.4) is 0 Å². The fraction of sp³-hybridized carbons (Fsp3) is 0.724. The molecule has 2 heterocycles. The smallest absolute Gasteiger partial charge is 0.225 e. The molecule has 1 atom stereocenters. The van der Waals surface area contributed by atoms with E-state index in [1.54, 1.807) is 31.3 Å². The summed E-state index contributed by atoms with van der Waals surface area (Å²) in [5.41, 5.74) is 0. The lowest BCUT2D eigenvalue weighted by Gasteiger charge is -2.21. The van der Waals surface area contributed by atoms with E-state index in [2.05, 4.69) is 10.3 Å². The van der Waals surface area contributed by atoms with Gasteiger partial charge in [-0.1, -0.05) is 39.2 Å². The van der Waals surface area contributed by atoms with Crippen molar-refractivity contribution in [3.05, 3.63) is 30.6 Å². The van der Waals surface area contributed by atoms with Gasteiger partial charge in [-0.25, -0.2) is 0 Å². The number of nitrogens with one attached hydrogen (secondary N) is 1. The highest BCUT2D eigenvalue weighted by molar-refractivity contribution is 5.89. The number of nitrogens with zero attached hydrogens (tertiary/aromatic N) is 2. The van der Waals surface area contributed by atoms with Gasteiger partial charge in [-0.05, 0) is 31.9 Å². The van der Waals surface area contributed by atoms with E-state index in [-0.39, 0.29) is 44.5 Å². The van der Waals surface area contributed by atoms with Crippen molar-refractivity contribution in [2.24, 2.45) is 5.92 Å². The van der Waals surface area contributed by atoms with Gasteiger partial charge >= 0.3 is 0 Å². The largest absolute Gasteiger partial charge is 0.395 e. The van der Waals surface area contributed by atoms with Crippen molar-refractivity contribution in [1.29, 1.82) is 0 Å². The molecule has 39 heavy (non-hydrogen) atoms. The van der Waals surface area contributed by atoms with Crippen LogP contribution in [0.25, 0.3) is 0 Å². The van der Waals surface area contributed by atoms with E-state index >= 15 is 0 Å². The fourth-order valence-corrected chi connectivity index (χ4v) is 3.72. The summed E-state index contributed by atoms with van der Waals surface area (Å²) >= 11 is 0. The third kappa shape index (κ3) is 21.1. The number of aromatic nitrogens is 1. The number of ketones is 1. The van der Waals surface area contributed by atoms with Gasteiger partial charge in [0.05, 0.1) is 51.7 Å². The molecule has 2 N–H and O–H groups in total.